The third-order valence-electron chi connectivity index (χ3n) is 2.65. The van der Waals surface area contributed by atoms with Crippen molar-refractivity contribution in [2.24, 2.45) is 0 Å². The van der Waals surface area contributed by atoms with Crippen molar-refractivity contribution in [3.8, 4) is 0 Å². The first-order valence-corrected chi connectivity index (χ1v) is 6.46. The van der Waals surface area contributed by atoms with Crippen molar-refractivity contribution in [2.75, 3.05) is 0 Å². The van der Waals surface area contributed by atoms with E-state index >= 15 is 0 Å². The molecule has 0 fully saturated rings. The Morgan fingerprint density at radius 3 is 2.56 bits per heavy atom. The standard InChI is InChI=1S/C12H12O3S/c1-8-4-3-5-12-11(8)7-10(6-9(2)13)16(12,14)15/h3-5,7H,6H2,1-2H3. The van der Waals surface area contributed by atoms with Crippen LogP contribution in [0.1, 0.15) is 24.5 Å². The zero-order valence-electron chi connectivity index (χ0n) is 9.15. The third kappa shape index (κ3) is 1.59. The summed E-state index contributed by atoms with van der Waals surface area (Å²) >= 11 is 0. The van der Waals surface area contributed by atoms with Crippen LogP contribution in [0.4, 0.5) is 0 Å². The van der Waals surface area contributed by atoms with Gasteiger partial charge in [-0.1, -0.05) is 12.1 Å². The molecule has 1 heterocycles. The average molecular weight is 236 g/mol. The Balaban J connectivity index is 2.61. The minimum atomic E-state index is -3.42. The Morgan fingerprint density at radius 2 is 2.00 bits per heavy atom. The van der Waals surface area contributed by atoms with E-state index in [1.165, 1.54) is 6.92 Å². The molecule has 0 amide bonds. The Hall–Kier alpha value is -1.42. The summed E-state index contributed by atoms with van der Waals surface area (Å²) in [6.07, 6.45) is 1.60. The van der Waals surface area contributed by atoms with E-state index < -0.39 is 9.84 Å². The highest BCUT2D eigenvalue weighted by atomic mass is 32.2. The number of aryl methyl sites for hydroxylation is 1. The zero-order chi connectivity index (χ0) is 11.9. The lowest BCUT2D eigenvalue weighted by Gasteiger charge is -2.02. The fourth-order valence-corrected chi connectivity index (χ4v) is 3.56. The van der Waals surface area contributed by atoms with Gasteiger partial charge in [-0.05, 0) is 37.1 Å². The molecule has 1 aliphatic rings. The van der Waals surface area contributed by atoms with Crippen molar-refractivity contribution in [3.63, 3.8) is 0 Å². The van der Waals surface area contributed by atoms with Crippen molar-refractivity contribution in [1.82, 2.24) is 0 Å². The van der Waals surface area contributed by atoms with Gasteiger partial charge in [0, 0.05) is 6.42 Å². The number of carbonyl (C=O) groups is 1. The number of sulfone groups is 1. The van der Waals surface area contributed by atoms with E-state index in [0.29, 0.717) is 4.90 Å². The normalized spacial score (nSPS) is 16.8. The van der Waals surface area contributed by atoms with Crippen LogP contribution in [0.15, 0.2) is 28.0 Å². The van der Waals surface area contributed by atoms with Gasteiger partial charge in [0.25, 0.3) is 0 Å². The monoisotopic (exact) mass is 236 g/mol. The zero-order valence-corrected chi connectivity index (χ0v) is 9.97. The predicted octanol–water partition coefficient (Wildman–Crippen LogP) is 2.10. The number of fused-ring (bicyclic) bond motifs is 1. The first-order valence-electron chi connectivity index (χ1n) is 4.97. The summed E-state index contributed by atoms with van der Waals surface area (Å²) in [6.45, 7) is 3.26. The highest BCUT2D eigenvalue weighted by molar-refractivity contribution is 7.95. The molecular weight excluding hydrogens is 224 g/mol. The quantitative estimate of drug-likeness (QED) is 0.790. The first-order chi connectivity index (χ1) is 7.43. The van der Waals surface area contributed by atoms with Gasteiger partial charge in [-0.25, -0.2) is 8.42 Å². The van der Waals surface area contributed by atoms with E-state index in [1.807, 2.05) is 13.0 Å². The molecule has 0 radical (unpaired) electrons. The second-order valence-electron chi connectivity index (χ2n) is 3.98. The molecule has 3 nitrogen and oxygen atoms in total. The van der Waals surface area contributed by atoms with Crippen molar-refractivity contribution in [2.45, 2.75) is 25.2 Å². The second kappa shape index (κ2) is 3.56. The lowest BCUT2D eigenvalue weighted by atomic mass is 10.1. The summed E-state index contributed by atoms with van der Waals surface area (Å²) < 4.78 is 24.1. The lowest BCUT2D eigenvalue weighted by Crippen LogP contribution is -2.04. The molecule has 1 aromatic carbocycles. The molecule has 0 saturated carbocycles. The fourth-order valence-electron chi connectivity index (χ4n) is 1.84. The minimum absolute atomic E-state index is 0.0174. The van der Waals surface area contributed by atoms with Gasteiger partial charge in [-0.15, -0.1) is 0 Å². The largest absolute Gasteiger partial charge is 0.300 e. The number of Topliss-reactive ketones (excluding diaryl/α,β-unsaturated/α-hetero) is 1. The Labute approximate surface area is 94.7 Å². The number of rotatable bonds is 2. The fraction of sp³-hybridized carbons (Fsp3) is 0.250. The summed E-state index contributed by atoms with van der Waals surface area (Å²) in [7, 11) is -3.42. The highest BCUT2D eigenvalue weighted by Crippen LogP contribution is 2.35. The topological polar surface area (TPSA) is 51.2 Å². The maximum Gasteiger partial charge on any atom is 0.203 e. The molecule has 16 heavy (non-hydrogen) atoms. The van der Waals surface area contributed by atoms with Crippen LogP contribution >= 0.6 is 0 Å². The number of hydrogen-bond acceptors (Lipinski definition) is 3. The van der Waals surface area contributed by atoms with Gasteiger partial charge in [-0.3, -0.25) is 4.79 Å². The summed E-state index contributed by atoms with van der Waals surface area (Å²) in [5.41, 5.74) is 1.64. The van der Waals surface area contributed by atoms with Gasteiger partial charge in [-0.2, -0.15) is 0 Å². The molecule has 0 bridgehead atoms. The van der Waals surface area contributed by atoms with E-state index in [4.69, 9.17) is 0 Å². The van der Waals surface area contributed by atoms with E-state index in [2.05, 4.69) is 0 Å². The third-order valence-corrected chi connectivity index (χ3v) is 4.53. The molecule has 2 rings (SSSR count). The van der Waals surface area contributed by atoms with Crippen LogP contribution in [0, 0.1) is 6.92 Å². The van der Waals surface area contributed by atoms with Crippen LogP contribution in [0.25, 0.3) is 6.08 Å². The first kappa shape index (κ1) is 11.1. The van der Waals surface area contributed by atoms with Crippen LogP contribution in [0.2, 0.25) is 0 Å². The van der Waals surface area contributed by atoms with Crippen LogP contribution in [-0.2, 0) is 14.6 Å². The average Bonchev–Trinajstić information content (AvgIpc) is 2.41. The van der Waals surface area contributed by atoms with Crippen LogP contribution < -0.4 is 0 Å². The summed E-state index contributed by atoms with van der Waals surface area (Å²) in [5, 5.41) is 0. The number of hydrogen-bond donors (Lipinski definition) is 0. The predicted molar refractivity (Wildman–Crippen MR) is 61.6 cm³/mol. The van der Waals surface area contributed by atoms with E-state index in [0.717, 1.165) is 11.1 Å². The van der Waals surface area contributed by atoms with E-state index in [-0.39, 0.29) is 17.1 Å². The molecule has 0 atom stereocenters. The highest BCUT2D eigenvalue weighted by Gasteiger charge is 2.30. The van der Waals surface area contributed by atoms with Crippen LogP contribution in [-0.4, -0.2) is 14.2 Å². The number of carbonyl (C=O) groups excluding carboxylic acids is 1. The molecular formula is C12H12O3S. The van der Waals surface area contributed by atoms with Crippen molar-refractivity contribution < 1.29 is 13.2 Å². The van der Waals surface area contributed by atoms with E-state index in [1.54, 1.807) is 18.2 Å². The second-order valence-corrected chi connectivity index (χ2v) is 5.95. The molecule has 1 aromatic rings. The summed E-state index contributed by atoms with van der Waals surface area (Å²) in [5.74, 6) is -0.139. The SMILES string of the molecule is CC(=O)CC1=Cc2c(C)cccc2S1(=O)=O. The Morgan fingerprint density at radius 1 is 1.31 bits per heavy atom. The lowest BCUT2D eigenvalue weighted by molar-refractivity contribution is -0.116. The maximum absolute atomic E-state index is 12.1. The van der Waals surface area contributed by atoms with Gasteiger partial charge in [0.2, 0.25) is 9.84 Å². The van der Waals surface area contributed by atoms with Gasteiger partial charge < -0.3 is 0 Å². The number of benzene rings is 1. The number of allylic oxidation sites excluding steroid dienone is 1. The molecule has 0 N–H and O–H groups in total. The van der Waals surface area contributed by atoms with Gasteiger partial charge >= 0.3 is 0 Å². The van der Waals surface area contributed by atoms with Crippen LogP contribution in [0.3, 0.4) is 0 Å². The van der Waals surface area contributed by atoms with Gasteiger partial charge in [0.15, 0.2) is 0 Å². The Bertz CT molecular complexity index is 595. The van der Waals surface area contributed by atoms with Gasteiger partial charge in [0.1, 0.15) is 5.78 Å². The van der Waals surface area contributed by atoms with E-state index in [9.17, 15) is 13.2 Å². The molecule has 1 aliphatic heterocycles. The molecule has 84 valence electrons. The maximum atomic E-state index is 12.1. The summed E-state index contributed by atoms with van der Waals surface area (Å²) in [4.78, 5) is 11.6. The molecule has 0 unspecified atom stereocenters. The summed E-state index contributed by atoms with van der Waals surface area (Å²) in [6, 6.07) is 5.17. The van der Waals surface area contributed by atoms with Crippen molar-refractivity contribution >= 4 is 21.7 Å². The number of ketones is 1. The Kier molecular flexibility index (Phi) is 2.46. The molecule has 0 saturated heterocycles. The minimum Gasteiger partial charge on any atom is -0.300 e. The smallest absolute Gasteiger partial charge is 0.203 e. The molecule has 4 heteroatoms. The molecule has 0 aromatic heterocycles. The van der Waals surface area contributed by atoms with Crippen LogP contribution in [0.5, 0.6) is 0 Å². The van der Waals surface area contributed by atoms with Gasteiger partial charge in [0.05, 0.1) is 9.80 Å². The molecule has 0 spiro atoms. The van der Waals surface area contributed by atoms with Crippen molar-refractivity contribution in [3.05, 3.63) is 34.2 Å². The van der Waals surface area contributed by atoms with Crippen molar-refractivity contribution in [1.29, 1.82) is 0 Å². The molecule has 0 aliphatic carbocycles.